The first-order valence-corrected chi connectivity index (χ1v) is 7.71. The second kappa shape index (κ2) is 6.49. The predicted octanol–water partition coefficient (Wildman–Crippen LogP) is 5.78. The number of ether oxygens (including phenoxy) is 1. The molecule has 1 amide bonds. The van der Waals surface area contributed by atoms with Gasteiger partial charge in [0.05, 0.1) is 10.0 Å². The maximum absolute atomic E-state index is 12.4. The van der Waals surface area contributed by atoms with Crippen LogP contribution in [0.2, 0.25) is 10.0 Å². The van der Waals surface area contributed by atoms with Gasteiger partial charge in [-0.15, -0.1) is 0 Å². The van der Waals surface area contributed by atoms with Crippen molar-refractivity contribution in [3.63, 3.8) is 0 Å². The van der Waals surface area contributed by atoms with Crippen molar-refractivity contribution in [2.45, 2.75) is 0 Å². The lowest BCUT2D eigenvalue weighted by molar-refractivity contribution is 0.209. The van der Waals surface area contributed by atoms with E-state index in [-0.39, 0.29) is 0 Å². The van der Waals surface area contributed by atoms with Crippen LogP contribution in [0.3, 0.4) is 0 Å². The van der Waals surface area contributed by atoms with Crippen molar-refractivity contribution in [2.24, 2.45) is 0 Å². The van der Waals surface area contributed by atoms with E-state index in [0.717, 1.165) is 11.1 Å². The summed E-state index contributed by atoms with van der Waals surface area (Å²) in [5.41, 5.74) is 0.729. The van der Waals surface area contributed by atoms with Gasteiger partial charge in [0.2, 0.25) is 0 Å². The van der Waals surface area contributed by atoms with Gasteiger partial charge in [0.1, 0.15) is 0 Å². The van der Waals surface area contributed by atoms with E-state index < -0.39 is 6.09 Å². The minimum Gasteiger partial charge on any atom is -0.408 e. The number of nitrogens with zero attached hydrogens (tertiary/aromatic N) is 1. The lowest BCUT2D eigenvalue weighted by Gasteiger charge is -2.18. The largest absolute Gasteiger partial charge is 0.419 e. The second-order valence-corrected chi connectivity index (χ2v) is 5.79. The molecule has 116 valence electrons. The van der Waals surface area contributed by atoms with E-state index in [1.54, 1.807) is 13.1 Å². The molecular formula is C18H13Cl2NO2. The van der Waals surface area contributed by atoms with Gasteiger partial charge in [-0.3, -0.25) is 4.90 Å². The number of hydrogen-bond acceptors (Lipinski definition) is 2. The Hall–Kier alpha value is -2.23. The zero-order valence-electron chi connectivity index (χ0n) is 12.3. The molecule has 0 heterocycles. The molecule has 0 bridgehead atoms. The minimum atomic E-state index is -0.523. The van der Waals surface area contributed by atoms with E-state index in [2.05, 4.69) is 0 Å². The zero-order chi connectivity index (χ0) is 16.4. The fraction of sp³-hybridized carbons (Fsp3) is 0.0556. The number of carbonyl (C=O) groups excluding carboxylic acids is 1. The third-order valence-electron chi connectivity index (χ3n) is 3.51. The number of hydrogen-bond donors (Lipinski definition) is 0. The van der Waals surface area contributed by atoms with Gasteiger partial charge in [0.25, 0.3) is 0 Å². The Kier molecular flexibility index (Phi) is 4.42. The maximum Gasteiger partial charge on any atom is 0.419 e. The van der Waals surface area contributed by atoms with Gasteiger partial charge < -0.3 is 4.74 Å². The number of carbonyl (C=O) groups is 1. The summed E-state index contributed by atoms with van der Waals surface area (Å²) in [6.07, 6.45) is -0.523. The molecule has 0 fully saturated rings. The van der Waals surface area contributed by atoms with Gasteiger partial charge in [-0.2, -0.15) is 0 Å². The molecule has 23 heavy (non-hydrogen) atoms. The summed E-state index contributed by atoms with van der Waals surface area (Å²) in [5.74, 6) is 0.305. The van der Waals surface area contributed by atoms with Crippen molar-refractivity contribution in [3.8, 4) is 5.75 Å². The average Bonchev–Trinajstić information content (AvgIpc) is 2.58. The van der Waals surface area contributed by atoms with Gasteiger partial charge in [0, 0.05) is 23.5 Å². The predicted molar refractivity (Wildman–Crippen MR) is 94.8 cm³/mol. The van der Waals surface area contributed by atoms with Crippen molar-refractivity contribution >= 4 is 45.8 Å². The molecule has 0 saturated heterocycles. The summed E-state index contributed by atoms with van der Waals surface area (Å²) < 4.78 is 5.53. The number of rotatable bonds is 2. The fourth-order valence-corrected chi connectivity index (χ4v) is 2.87. The molecule has 0 N–H and O–H groups in total. The highest BCUT2D eigenvalue weighted by atomic mass is 35.5. The van der Waals surface area contributed by atoms with Gasteiger partial charge in [-0.1, -0.05) is 65.7 Å². The molecule has 3 aromatic carbocycles. The molecule has 0 aromatic heterocycles. The Bertz CT molecular complexity index is 866. The van der Waals surface area contributed by atoms with Crippen LogP contribution in [-0.2, 0) is 0 Å². The number of amides is 1. The molecule has 3 aromatic rings. The zero-order valence-corrected chi connectivity index (χ0v) is 13.8. The first kappa shape index (κ1) is 15.7. The SMILES string of the molecule is CN(C(=O)Oc1c(Cl)cc(Cl)c2ccccc12)c1ccccc1. The Morgan fingerprint density at radius 3 is 2.22 bits per heavy atom. The Labute approximate surface area is 144 Å². The lowest BCUT2D eigenvalue weighted by Crippen LogP contribution is -2.29. The quantitative estimate of drug-likeness (QED) is 0.588. The van der Waals surface area contributed by atoms with E-state index >= 15 is 0 Å². The third-order valence-corrected chi connectivity index (χ3v) is 4.10. The number of para-hydroxylation sites is 1. The van der Waals surface area contributed by atoms with Crippen LogP contribution in [-0.4, -0.2) is 13.1 Å². The maximum atomic E-state index is 12.4. The first-order chi connectivity index (χ1) is 11.1. The fourth-order valence-electron chi connectivity index (χ4n) is 2.29. The van der Waals surface area contributed by atoms with Crippen LogP contribution >= 0.6 is 23.2 Å². The van der Waals surface area contributed by atoms with Crippen LogP contribution in [0.5, 0.6) is 5.75 Å². The molecule has 0 aliphatic carbocycles. The van der Waals surface area contributed by atoms with Crippen molar-refractivity contribution in [1.82, 2.24) is 0 Å². The topological polar surface area (TPSA) is 29.5 Å². The van der Waals surface area contributed by atoms with E-state index in [4.69, 9.17) is 27.9 Å². The molecule has 0 aliphatic heterocycles. The first-order valence-electron chi connectivity index (χ1n) is 6.95. The van der Waals surface area contributed by atoms with Gasteiger partial charge in [-0.05, 0) is 18.2 Å². The van der Waals surface area contributed by atoms with Gasteiger partial charge >= 0.3 is 6.09 Å². The summed E-state index contributed by atoms with van der Waals surface area (Å²) >= 11 is 12.4. The molecule has 0 unspecified atom stereocenters. The average molecular weight is 346 g/mol. The van der Waals surface area contributed by atoms with Gasteiger partial charge in [-0.25, -0.2) is 4.79 Å². The van der Waals surface area contributed by atoms with Crippen molar-refractivity contribution in [1.29, 1.82) is 0 Å². The van der Waals surface area contributed by atoms with Gasteiger partial charge in [0.15, 0.2) is 5.75 Å². The third kappa shape index (κ3) is 3.11. The van der Waals surface area contributed by atoms with Crippen LogP contribution in [0.1, 0.15) is 0 Å². The minimum absolute atomic E-state index is 0.295. The van der Waals surface area contributed by atoms with Crippen molar-refractivity contribution < 1.29 is 9.53 Å². The molecule has 0 atom stereocenters. The van der Waals surface area contributed by atoms with Crippen molar-refractivity contribution in [2.75, 3.05) is 11.9 Å². The summed E-state index contributed by atoms with van der Waals surface area (Å²) in [6.45, 7) is 0. The highest BCUT2D eigenvalue weighted by molar-refractivity contribution is 6.40. The van der Waals surface area contributed by atoms with E-state index in [1.165, 1.54) is 4.90 Å². The Morgan fingerprint density at radius 2 is 1.52 bits per heavy atom. The molecule has 0 saturated carbocycles. The molecule has 0 spiro atoms. The van der Waals surface area contributed by atoms with Crippen LogP contribution in [0.4, 0.5) is 10.5 Å². The summed E-state index contributed by atoms with van der Waals surface area (Å²) in [7, 11) is 1.64. The number of benzene rings is 3. The monoisotopic (exact) mass is 345 g/mol. The Morgan fingerprint density at radius 1 is 0.913 bits per heavy atom. The summed E-state index contributed by atoms with van der Waals surface area (Å²) in [5, 5.41) is 2.29. The van der Waals surface area contributed by atoms with E-state index in [9.17, 15) is 4.79 Å². The molecule has 3 nitrogen and oxygen atoms in total. The van der Waals surface area contributed by atoms with Crippen LogP contribution in [0, 0.1) is 0 Å². The molecule has 0 radical (unpaired) electrons. The number of halogens is 2. The van der Waals surface area contributed by atoms with Crippen LogP contribution in [0.15, 0.2) is 60.7 Å². The molecular weight excluding hydrogens is 333 g/mol. The standard InChI is InChI=1S/C18H13Cl2NO2/c1-21(12-7-3-2-4-8-12)18(22)23-17-14-10-6-5-9-13(14)15(19)11-16(17)20/h2-11H,1H3. The van der Waals surface area contributed by atoms with E-state index in [1.807, 2.05) is 54.6 Å². The second-order valence-electron chi connectivity index (χ2n) is 4.98. The smallest absolute Gasteiger partial charge is 0.408 e. The summed E-state index contributed by atoms with van der Waals surface area (Å²) in [6, 6.07) is 18.2. The molecule has 0 aliphatic rings. The van der Waals surface area contributed by atoms with Crippen molar-refractivity contribution in [3.05, 3.63) is 70.7 Å². The van der Waals surface area contributed by atoms with Crippen LogP contribution in [0.25, 0.3) is 10.8 Å². The lowest BCUT2D eigenvalue weighted by atomic mass is 10.1. The molecule has 5 heteroatoms. The number of anilines is 1. The van der Waals surface area contributed by atoms with Crippen LogP contribution < -0.4 is 9.64 Å². The number of fused-ring (bicyclic) bond motifs is 1. The normalized spacial score (nSPS) is 10.6. The Balaban J connectivity index is 1.97. The molecule has 3 rings (SSSR count). The van der Waals surface area contributed by atoms with E-state index in [0.29, 0.717) is 21.2 Å². The highest BCUT2D eigenvalue weighted by Crippen LogP contribution is 2.38. The summed E-state index contributed by atoms with van der Waals surface area (Å²) in [4.78, 5) is 13.8. The highest BCUT2D eigenvalue weighted by Gasteiger charge is 2.18.